The Morgan fingerprint density at radius 2 is 1.19 bits per heavy atom. The molecule has 0 aromatic heterocycles. The zero-order chi connectivity index (χ0) is 11.6. The molecule has 5 heteroatoms. The van der Waals surface area contributed by atoms with Crippen molar-refractivity contribution in [3.05, 3.63) is 48.6 Å². The summed E-state index contributed by atoms with van der Waals surface area (Å²) in [5.74, 6) is -0.373. The SMILES string of the molecule is [O-][Cl+3]([O-])([O-])OC(C1C=CC=C1)C1C=CC=C1. The van der Waals surface area contributed by atoms with Gasteiger partial charge in [-0.3, -0.25) is 0 Å². The van der Waals surface area contributed by atoms with Gasteiger partial charge in [0, 0.05) is 11.8 Å². The van der Waals surface area contributed by atoms with Crippen molar-refractivity contribution in [3.63, 3.8) is 0 Å². The van der Waals surface area contributed by atoms with Gasteiger partial charge < -0.3 is 0 Å². The van der Waals surface area contributed by atoms with Crippen LogP contribution in [0.4, 0.5) is 0 Å². The summed E-state index contributed by atoms with van der Waals surface area (Å²) in [4.78, 5) is 0. The molecule has 0 radical (unpaired) electrons. The van der Waals surface area contributed by atoms with Crippen LogP contribution in [0.15, 0.2) is 48.6 Å². The quantitative estimate of drug-likeness (QED) is 0.617. The minimum absolute atomic E-state index is 0.186. The normalized spacial score (nSPS) is 20.8. The minimum atomic E-state index is -4.41. The van der Waals surface area contributed by atoms with Crippen molar-refractivity contribution in [3.8, 4) is 0 Å². The molecule has 0 N–H and O–H groups in total. The maximum absolute atomic E-state index is 10.7. The third kappa shape index (κ3) is 2.81. The Morgan fingerprint density at radius 3 is 1.50 bits per heavy atom. The van der Waals surface area contributed by atoms with Gasteiger partial charge in [0.15, 0.2) is 0 Å². The van der Waals surface area contributed by atoms with Gasteiger partial charge in [-0.15, -0.1) is 0 Å². The smallest absolute Gasteiger partial charge is 0.183 e. The molecule has 2 aliphatic carbocycles. The first-order valence-electron chi connectivity index (χ1n) is 4.85. The summed E-state index contributed by atoms with van der Waals surface area (Å²) >= 11 is 0. The lowest BCUT2D eigenvalue weighted by Crippen LogP contribution is -2.63. The molecule has 0 heterocycles. The lowest BCUT2D eigenvalue weighted by atomic mass is 9.93. The Labute approximate surface area is 95.6 Å². The van der Waals surface area contributed by atoms with Crippen LogP contribution < -0.4 is 14.0 Å². The number of rotatable bonds is 4. The fourth-order valence-electron chi connectivity index (χ4n) is 1.84. The first-order chi connectivity index (χ1) is 7.56. The van der Waals surface area contributed by atoms with E-state index in [4.69, 9.17) is 0 Å². The van der Waals surface area contributed by atoms with Crippen molar-refractivity contribution in [1.29, 1.82) is 0 Å². The Hall–Kier alpha value is -0.910. The number of allylic oxidation sites excluding steroid dienone is 4. The maximum atomic E-state index is 10.7. The van der Waals surface area contributed by atoms with Crippen molar-refractivity contribution in [2.24, 2.45) is 11.8 Å². The highest BCUT2D eigenvalue weighted by molar-refractivity contribution is 5.25. The molecule has 16 heavy (non-hydrogen) atoms. The van der Waals surface area contributed by atoms with Gasteiger partial charge in [0.25, 0.3) is 0 Å². The van der Waals surface area contributed by atoms with Crippen LogP contribution in [0.3, 0.4) is 0 Å². The number of hydrogen-bond acceptors (Lipinski definition) is 4. The summed E-state index contributed by atoms with van der Waals surface area (Å²) in [6.07, 6.45) is 13.8. The molecule has 0 fully saturated rings. The molecule has 0 aromatic carbocycles. The summed E-state index contributed by atoms with van der Waals surface area (Å²) in [6.45, 7) is 0. The molecule has 0 saturated heterocycles. The molecule has 0 atom stereocenters. The fourth-order valence-corrected chi connectivity index (χ4v) is 2.33. The lowest BCUT2D eigenvalue weighted by molar-refractivity contribution is -1.92. The monoisotopic (exact) mass is 242 g/mol. The van der Waals surface area contributed by atoms with Crippen molar-refractivity contribution >= 4 is 0 Å². The van der Waals surface area contributed by atoms with Gasteiger partial charge in [-0.05, 0) is 0 Å². The third-order valence-corrected chi connectivity index (χ3v) is 2.95. The largest absolute Gasteiger partial charge is 0.233 e. The second-order valence-corrected chi connectivity index (χ2v) is 4.56. The van der Waals surface area contributed by atoms with E-state index in [0.717, 1.165) is 0 Å². The Bertz CT molecular complexity index is 313. The zero-order valence-electron chi connectivity index (χ0n) is 8.36. The van der Waals surface area contributed by atoms with Gasteiger partial charge in [0.1, 0.15) is 0 Å². The first-order valence-corrected chi connectivity index (χ1v) is 6.09. The Morgan fingerprint density at radius 1 is 0.812 bits per heavy atom. The van der Waals surface area contributed by atoms with Crippen LogP contribution in [0.2, 0.25) is 0 Å². The van der Waals surface area contributed by atoms with E-state index >= 15 is 0 Å². The summed E-state index contributed by atoms with van der Waals surface area (Å²) in [5, 5.41) is 0. The van der Waals surface area contributed by atoms with E-state index in [1.807, 2.05) is 24.3 Å². The molecule has 86 valence electrons. The summed E-state index contributed by atoms with van der Waals surface area (Å²) in [5.41, 5.74) is 0. The van der Waals surface area contributed by atoms with Crippen molar-refractivity contribution in [2.45, 2.75) is 6.10 Å². The van der Waals surface area contributed by atoms with Crippen molar-refractivity contribution < 1.29 is 28.5 Å². The van der Waals surface area contributed by atoms with Gasteiger partial charge in [0.2, 0.25) is 6.10 Å². The first kappa shape index (κ1) is 11.6. The highest BCUT2D eigenvalue weighted by Gasteiger charge is 2.39. The van der Waals surface area contributed by atoms with E-state index in [0.29, 0.717) is 0 Å². The van der Waals surface area contributed by atoms with Gasteiger partial charge in [-0.1, -0.05) is 48.6 Å². The standard InChI is InChI=1S/C11H11ClO4/c13-12(14,15)16-11(9-5-1-2-6-9)10-7-3-4-8-10/h1-11H. The molecule has 0 aliphatic heterocycles. The number of hydrogen-bond donors (Lipinski definition) is 0. The van der Waals surface area contributed by atoms with E-state index in [1.54, 1.807) is 24.3 Å². The Balaban J connectivity index is 2.12. The molecule has 2 rings (SSSR count). The zero-order valence-corrected chi connectivity index (χ0v) is 9.12. The molecule has 0 aromatic rings. The van der Waals surface area contributed by atoms with E-state index in [1.165, 1.54) is 0 Å². The van der Waals surface area contributed by atoms with Gasteiger partial charge in [-0.2, -0.15) is 14.0 Å². The van der Waals surface area contributed by atoms with E-state index in [2.05, 4.69) is 4.29 Å². The molecule has 0 amide bonds. The third-order valence-electron chi connectivity index (χ3n) is 2.53. The molecule has 0 spiro atoms. The molecule has 0 saturated carbocycles. The fraction of sp³-hybridized carbons (Fsp3) is 0.273. The summed E-state index contributed by atoms with van der Waals surface area (Å²) < 4.78 is 36.5. The van der Waals surface area contributed by atoms with Crippen LogP contribution in [-0.2, 0) is 4.29 Å². The van der Waals surface area contributed by atoms with E-state index in [9.17, 15) is 14.0 Å². The topological polar surface area (TPSA) is 78.4 Å². The van der Waals surface area contributed by atoms with Crippen LogP contribution >= 0.6 is 0 Å². The molecule has 2 aliphatic rings. The second-order valence-electron chi connectivity index (χ2n) is 3.63. The van der Waals surface area contributed by atoms with Crippen molar-refractivity contribution in [1.82, 2.24) is 0 Å². The van der Waals surface area contributed by atoms with Gasteiger partial charge in [0.05, 0.1) is 14.5 Å². The van der Waals surface area contributed by atoms with Crippen LogP contribution in [-0.4, -0.2) is 6.10 Å². The predicted octanol–water partition coefficient (Wildman–Crippen LogP) is -1.25. The van der Waals surface area contributed by atoms with Crippen molar-refractivity contribution in [2.75, 3.05) is 0 Å². The van der Waals surface area contributed by atoms with E-state index < -0.39 is 16.3 Å². The Kier molecular flexibility index (Phi) is 3.28. The highest BCUT2D eigenvalue weighted by atomic mass is 35.7. The average Bonchev–Trinajstić information content (AvgIpc) is 2.86. The highest BCUT2D eigenvalue weighted by Crippen LogP contribution is 2.28. The molecule has 4 nitrogen and oxygen atoms in total. The van der Waals surface area contributed by atoms with Crippen LogP contribution in [0, 0.1) is 22.1 Å². The van der Waals surface area contributed by atoms with Crippen LogP contribution in [0.25, 0.3) is 0 Å². The van der Waals surface area contributed by atoms with Crippen LogP contribution in [0.1, 0.15) is 0 Å². The van der Waals surface area contributed by atoms with Gasteiger partial charge >= 0.3 is 0 Å². The average molecular weight is 243 g/mol. The lowest BCUT2D eigenvalue weighted by Gasteiger charge is -2.23. The predicted molar refractivity (Wildman–Crippen MR) is 48.4 cm³/mol. The maximum Gasteiger partial charge on any atom is 0.233 e. The summed E-state index contributed by atoms with van der Waals surface area (Å²) in [6, 6.07) is 0. The molecular weight excluding hydrogens is 232 g/mol. The minimum Gasteiger partial charge on any atom is -0.183 e. The number of halogens is 1. The molecule has 0 unspecified atom stereocenters. The van der Waals surface area contributed by atoms with Gasteiger partial charge in [-0.25, -0.2) is 0 Å². The van der Waals surface area contributed by atoms with Crippen LogP contribution in [0.5, 0.6) is 0 Å². The molecular formula is C11H11ClO4. The van der Waals surface area contributed by atoms with E-state index in [-0.39, 0.29) is 11.8 Å². The molecule has 0 bridgehead atoms. The second kappa shape index (κ2) is 4.53. The summed E-state index contributed by atoms with van der Waals surface area (Å²) in [7, 11) is -4.41.